The van der Waals surface area contributed by atoms with Gasteiger partial charge in [0.2, 0.25) is 0 Å². The Bertz CT molecular complexity index is 278. The van der Waals surface area contributed by atoms with Gasteiger partial charge in [-0.05, 0) is 38.0 Å². The maximum atomic E-state index is 12.1. The third-order valence-electron chi connectivity index (χ3n) is 4.02. The standard InChI is InChI=1S/C15H30FN3O/c1-3-17-14(18-11-6-10-16)19-13-15(9-12-20-2)7-4-5-8-15/h3-13H2,1-2H3,(H2,17,18,19). The molecule has 1 saturated carbocycles. The van der Waals surface area contributed by atoms with Crippen molar-refractivity contribution in [1.82, 2.24) is 10.6 Å². The topological polar surface area (TPSA) is 45.7 Å². The summed E-state index contributed by atoms with van der Waals surface area (Å²) in [6, 6.07) is 0. The molecule has 1 fully saturated rings. The van der Waals surface area contributed by atoms with Crippen LogP contribution in [-0.2, 0) is 4.74 Å². The van der Waals surface area contributed by atoms with E-state index in [4.69, 9.17) is 9.73 Å². The van der Waals surface area contributed by atoms with Crippen molar-refractivity contribution in [2.75, 3.05) is 40.0 Å². The summed E-state index contributed by atoms with van der Waals surface area (Å²) in [6.07, 6.45) is 6.68. The van der Waals surface area contributed by atoms with Gasteiger partial charge >= 0.3 is 0 Å². The van der Waals surface area contributed by atoms with E-state index in [1.807, 2.05) is 6.92 Å². The van der Waals surface area contributed by atoms with Crippen LogP contribution < -0.4 is 10.6 Å². The zero-order chi connectivity index (χ0) is 14.7. The molecule has 0 aromatic heterocycles. The van der Waals surface area contributed by atoms with Crippen LogP contribution in [0.1, 0.15) is 45.4 Å². The molecular weight excluding hydrogens is 257 g/mol. The fourth-order valence-corrected chi connectivity index (χ4v) is 2.79. The average Bonchev–Trinajstić information content (AvgIpc) is 2.92. The molecule has 20 heavy (non-hydrogen) atoms. The van der Waals surface area contributed by atoms with E-state index in [9.17, 15) is 4.39 Å². The van der Waals surface area contributed by atoms with Crippen LogP contribution in [-0.4, -0.2) is 46.0 Å². The first-order valence-electron chi connectivity index (χ1n) is 7.83. The normalized spacial score (nSPS) is 18.2. The summed E-state index contributed by atoms with van der Waals surface area (Å²) in [5.74, 6) is 0.810. The Kier molecular flexibility index (Phi) is 8.58. The summed E-state index contributed by atoms with van der Waals surface area (Å²) in [4.78, 5) is 4.71. The summed E-state index contributed by atoms with van der Waals surface area (Å²) in [7, 11) is 1.76. The number of rotatable bonds is 9. The third-order valence-corrected chi connectivity index (χ3v) is 4.02. The van der Waals surface area contributed by atoms with Crippen molar-refractivity contribution in [3.05, 3.63) is 0 Å². The van der Waals surface area contributed by atoms with E-state index in [1.165, 1.54) is 25.7 Å². The number of alkyl halides is 1. The maximum Gasteiger partial charge on any atom is 0.191 e. The molecule has 0 bridgehead atoms. The molecule has 0 amide bonds. The summed E-state index contributed by atoms with van der Waals surface area (Å²) in [6.45, 7) is 4.86. The van der Waals surface area contributed by atoms with Crippen molar-refractivity contribution in [3.63, 3.8) is 0 Å². The minimum absolute atomic E-state index is 0.288. The van der Waals surface area contributed by atoms with Gasteiger partial charge in [0, 0.05) is 33.4 Å². The second-order valence-corrected chi connectivity index (χ2v) is 5.61. The molecule has 0 heterocycles. The largest absolute Gasteiger partial charge is 0.385 e. The van der Waals surface area contributed by atoms with Crippen molar-refractivity contribution in [1.29, 1.82) is 0 Å². The molecule has 4 nitrogen and oxygen atoms in total. The van der Waals surface area contributed by atoms with E-state index in [0.29, 0.717) is 18.4 Å². The quantitative estimate of drug-likeness (QED) is 0.389. The predicted octanol–water partition coefficient (Wildman–Crippen LogP) is 2.50. The van der Waals surface area contributed by atoms with Gasteiger partial charge in [0.15, 0.2) is 5.96 Å². The molecule has 0 aromatic rings. The highest BCUT2D eigenvalue weighted by molar-refractivity contribution is 5.79. The molecular formula is C15H30FN3O. The molecule has 0 aromatic carbocycles. The van der Waals surface area contributed by atoms with Gasteiger partial charge in [0.25, 0.3) is 0 Å². The van der Waals surface area contributed by atoms with Crippen LogP contribution in [0.25, 0.3) is 0 Å². The number of methoxy groups -OCH3 is 1. The summed E-state index contributed by atoms with van der Waals surface area (Å²) in [5, 5.41) is 6.41. The molecule has 0 saturated heterocycles. The molecule has 1 rings (SSSR count). The van der Waals surface area contributed by atoms with Crippen LogP contribution >= 0.6 is 0 Å². The van der Waals surface area contributed by atoms with Gasteiger partial charge in [-0.1, -0.05) is 12.8 Å². The molecule has 0 unspecified atom stereocenters. The van der Waals surface area contributed by atoms with Crippen molar-refractivity contribution < 1.29 is 9.13 Å². The molecule has 2 N–H and O–H groups in total. The van der Waals surface area contributed by atoms with E-state index in [0.717, 1.165) is 32.1 Å². The zero-order valence-electron chi connectivity index (χ0n) is 13.0. The van der Waals surface area contributed by atoms with Crippen molar-refractivity contribution in [2.24, 2.45) is 10.4 Å². The Labute approximate surface area is 122 Å². The number of hydrogen-bond donors (Lipinski definition) is 2. The Balaban J connectivity index is 2.52. The lowest BCUT2D eigenvalue weighted by atomic mass is 9.83. The number of nitrogens with zero attached hydrogens (tertiary/aromatic N) is 1. The van der Waals surface area contributed by atoms with Crippen molar-refractivity contribution >= 4 is 5.96 Å². The molecule has 118 valence electrons. The smallest absolute Gasteiger partial charge is 0.191 e. The second-order valence-electron chi connectivity index (χ2n) is 5.61. The zero-order valence-corrected chi connectivity index (χ0v) is 13.0. The van der Waals surface area contributed by atoms with Crippen molar-refractivity contribution in [3.8, 4) is 0 Å². The third kappa shape index (κ3) is 6.07. The van der Waals surface area contributed by atoms with Crippen molar-refractivity contribution in [2.45, 2.75) is 45.4 Å². The number of guanidine groups is 1. The first kappa shape index (κ1) is 17.2. The second kappa shape index (κ2) is 9.97. The van der Waals surface area contributed by atoms with Crippen LogP contribution in [0, 0.1) is 5.41 Å². The minimum Gasteiger partial charge on any atom is -0.385 e. The molecule has 1 aliphatic carbocycles. The lowest BCUT2D eigenvalue weighted by Gasteiger charge is -2.27. The fraction of sp³-hybridized carbons (Fsp3) is 0.933. The number of ether oxygens (including phenoxy) is 1. The van der Waals surface area contributed by atoms with E-state index >= 15 is 0 Å². The van der Waals surface area contributed by atoms with Crippen LogP contribution in [0.4, 0.5) is 4.39 Å². The van der Waals surface area contributed by atoms with Gasteiger partial charge in [-0.3, -0.25) is 9.38 Å². The summed E-state index contributed by atoms with van der Waals surface area (Å²) < 4.78 is 17.4. The minimum atomic E-state index is -0.288. The highest BCUT2D eigenvalue weighted by atomic mass is 19.1. The van der Waals surface area contributed by atoms with E-state index < -0.39 is 0 Å². The first-order chi connectivity index (χ1) is 9.76. The molecule has 0 radical (unpaired) electrons. The number of nitrogens with one attached hydrogen (secondary N) is 2. The maximum absolute atomic E-state index is 12.1. The monoisotopic (exact) mass is 287 g/mol. The lowest BCUT2D eigenvalue weighted by molar-refractivity contribution is 0.141. The number of aliphatic imine (C=N–C) groups is 1. The van der Waals surface area contributed by atoms with E-state index in [-0.39, 0.29) is 6.67 Å². The molecule has 0 atom stereocenters. The summed E-state index contributed by atoms with van der Waals surface area (Å²) in [5.41, 5.74) is 0.304. The highest BCUT2D eigenvalue weighted by Gasteiger charge is 2.33. The number of halogens is 1. The Hall–Kier alpha value is -0.840. The lowest BCUT2D eigenvalue weighted by Crippen LogP contribution is -2.39. The average molecular weight is 287 g/mol. The highest BCUT2D eigenvalue weighted by Crippen LogP contribution is 2.41. The van der Waals surface area contributed by atoms with Gasteiger partial charge < -0.3 is 15.4 Å². The predicted molar refractivity (Wildman–Crippen MR) is 82.0 cm³/mol. The Morgan fingerprint density at radius 1 is 1.30 bits per heavy atom. The van der Waals surface area contributed by atoms with Crippen LogP contribution in [0.3, 0.4) is 0 Å². The Morgan fingerprint density at radius 3 is 2.65 bits per heavy atom. The Morgan fingerprint density at radius 2 is 2.05 bits per heavy atom. The van der Waals surface area contributed by atoms with Crippen LogP contribution in [0.2, 0.25) is 0 Å². The summed E-state index contributed by atoms with van der Waals surface area (Å²) >= 11 is 0. The van der Waals surface area contributed by atoms with E-state index in [1.54, 1.807) is 7.11 Å². The number of hydrogen-bond acceptors (Lipinski definition) is 2. The van der Waals surface area contributed by atoms with Gasteiger partial charge in [-0.15, -0.1) is 0 Å². The van der Waals surface area contributed by atoms with Gasteiger partial charge in [-0.25, -0.2) is 0 Å². The molecule has 0 aliphatic heterocycles. The fourth-order valence-electron chi connectivity index (χ4n) is 2.79. The van der Waals surface area contributed by atoms with Crippen LogP contribution in [0.15, 0.2) is 4.99 Å². The van der Waals surface area contributed by atoms with Gasteiger partial charge in [-0.2, -0.15) is 0 Å². The molecule has 5 heteroatoms. The molecule has 1 aliphatic rings. The van der Waals surface area contributed by atoms with Gasteiger partial charge in [0.05, 0.1) is 6.67 Å². The first-order valence-corrected chi connectivity index (χ1v) is 7.83. The van der Waals surface area contributed by atoms with Gasteiger partial charge in [0.1, 0.15) is 0 Å². The van der Waals surface area contributed by atoms with Crippen LogP contribution in [0.5, 0.6) is 0 Å². The SMILES string of the molecule is CCNC(=NCC1(CCOC)CCCC1)NCCCF. The van der Waals surface area contributed by atoms with E-state index in [2.05, 4.69) is 10.6 Å². The molecule has 0 spiro atoms.